The van der Waals surface area contributed by atoms with Gasteiger partial charge in [-0.3, -0.25) is 0 Å². The van der Waals surface area contributed by atoms with Crippen molar-refractivity contribution in [1.29, 1.82) is 0 Å². The molecule has 3 nitrogen and oxygen atoms in total. The monoisotopic (exact) mass is 431 g/mol. The highest BCUT2D eigenvalue weighted by molar-refractivity contribution is 9.10. The third-order valence-electron chi connectivity index (χ3n) is 4.50. The highest BCUT2D eigenvalue weighted by Crippen LogP contribution is 2.40. The molecule has 0 aromatic heterocycles. The van der Waals surface area contributed by atoms with Crippen LogP contribution >= 0.6 is 15.9 Å². The Balaban J connectivity index is 0.00000126. The highest BCUT2D eigenvalue weighted by Gasteiger charge is 2.38. The largest absolute Gasteiger partial charge is 0.444 e. The van der Waals surface area contributed by atoms with E-state index in [1.807, 2.05) is 45.6 Å². The summed E-state index contributed by atoms with van der Waals surface area (Å²) in [5.41, 5.74) is 2.04. The van der Waals surface area contributed by atoms with Crippen molar-refractivity contribution in [2.24, 2.45) is 0 Å². The molecule has 0 radical (unpaired) electrons. The lowest BCUT2D eigenvalue weighted by molar-refractivity contribution is 0.0290. The number of nitrogens with zero attached hydrogens (tertiary/aromatic N) is 1. The first kappa shape index (κ1) is 21.5. The molecule has 2 unspecified atom stereocenters. The van der Waals surface area contributed by atoms with Crippen LogP contribution in [0, 0.1) is 0 Å². The molecule has 1 aliphatic heterocycles. The molecule has 2 aromatic rings. The molecule has 1 fully saturated rings. The zero-order valence-electron chi connectivity index (χ0n) is 16.9. The summed E-state index contributed by atoms with van der Waals surface area (Å²) in [5, 5.41) is 0. The highest BCUT2D eigenvalue weighted by atomic mass is 79.9. The molecule has 0 spiro atoms. The Kier molecular flexibility index (Phi) is 7.49. The maximum atomic E-state index is 12.6. The van der Waals surface area contributed by atoms with Crippen LogP contribution in [0.4, 0.5) is 4.79 Å². The van der Waals surface area contributed by atoms with Crippen LogP contribution in [0.1, 0.15) is 57.6 Å². The third kappa shape index (κ3) is 5.83. The van der Waals surface area contributed by atoms with Crippen molar-refractivity contribution in [2.45, 2.75) is 52.1 Å². The molecular formula is C23H30BrNO2. The van der Waals surface area contributed by atoms with Gasteiger partial charge in [0.25, 0.3) is 0 Å². The minimum Gasteiger partial charge on any atom is -0.444 e. The van der Waals surface area contributed by atoms with Gasteiger partial charge in [0.15, 0.2) is 0 Å². The number of likely N-dealkylation sites (tertiary alicyclic amines) is 1. The first-order chi connectivity index (χ1) is 12.8. The predicted octanol–water partition coefficient (Wildman–Crippen LogP) is 6.59. The van der Waals surface area contributed by atoms with Crippen LogP contribution in [0.2, 0.25) is 0 Å². The molecule has 1 amide bonds. The fraction of sp³-hybridized carbons (Fsp3) is 0.435. The van der Waals surface area contributed by atoms with E-state index in [0.717, 1.165) is 4.47 Å². The van der Waals surface area contributed by atoms with Crippen LogP contribution in [0.25, 0.3) is 0 Å². The van der Waals surface area contributed by atoms with E-state index in [2.05, 4.69) is 64.5 Å². The second-order valence-electron chi connectivity index (χ2n) is 7.56. The lowest BCUT2D eigenvalue weighted by Crippen LogP contribution is -2.35. The summed E-state index contributed by atoms with van der Waals surface area (Å²) in [5.74, 6) is 0.540. The number of carbonyl (C=O) groups is 1. The quantitative estimate of drug-likeness (QED) is 0.536. The molecule has 2 atom stereocenters. The van der Waals surface area contributed by atoms with Crippen LogP contribution in [0.3, 0.4) is 0 Å². The fourth-order valence-electron chi connectivity index (χ4n) is 3.37. The van der Waals surface area contributed by atoms with Gasteiger partial charge in [0.2, 0.25) is 0 Å². The average Bonchev–Trinajstić information content (AvgIpc) is 3.09. The molecule has 0 bridgehead atoms. The number of hydrogen-bond acceptors (Lipinski definition) is 2. The van der Waals surface area contributed by atoms with Crippen LogP contribution in [-0.2, 0) is 4.74 Å². The van der Waals surface area contributed by atoms with Crippen molar-refractivity contribution in [3.05, 3.63) is 70.2 Å². The lowest BCUT2D eigenvalue weighted by Gasteiger charge is -2.24. The molecule has 1 saturated heterocycles. The molecule has 4 heteroatoms. The maximum absolute atomic E-state index is 12.6. The van der Waals surface area contributed by atoms with E-state index in [9.17, 15) is 4.79 Å². The SMILES string of the molecule is CC.CC(C)(C)OC(=O)N1CC(c2ccccc2)C(c2ccc(Br)cc2)C1. The van der Waals surface area contributed by atoms with E-state index >= 15 is 0 Å². The fourth-order valence-corrected chi connectivity index (χ4v) is 3.63. The smallest absolute Gasteiger partial charge is 0.410 e. The molecule has 0 aliphatic carbocycles. The minimum absolute atomic E-state index is 0.229. The third-order valence-corrected chi connectivity index (χ3v) is 5.03. The van der Waals surface area contributed by atoms with Gasteiger partial charge in [0.1, 0.15) is 5.60 Å². The first-order valence-electron chi connectivity index (χ1n) is 9.62. The Morgan fingerprint density at radius 3 is 1.89 bits per heavy atom. The minimum atomic E-state index is -0.477. The summed E-state index contributed by atoms with van der Waals surface area (Å²) in [6.45, 7) is 11.1. The molecule has 27 heavy (non-hydrogen) atoms. The number of hydrogen-bond donors (Lipinski definition) is 0. The molecular weight excluding hydrogens is 402 g/mol. The Morgan fingerprint density at radius 2 is 1.41 bits per heavy atom. The van der Waals surface area contributed by atoms with Crippen molar-refractivity contribution in [1.82, 2.24) is 4.90 Å². The van der Waals surface area contributed by atoms with E-state index in [1.165, 1.54) is 11.1 Å². The van der Waals surface area contributed by atoms with Crippen molar-refractivity contribution < 1.29 is 9.53 Å². The van der Waals surface area contributed by atoms with Crippen molar-refractivity contribution >= 4 is 22.0 Å². The van der Waals surface area contributed by atoms with Crippen LogP contribution in [0.5, 0.6) is 0 Å². The van der Waals surface area contributed by atoms with E-state index in [1.54, 1.807) is 0 Å². The molecule has 0 N–H and O–H groups in total. The molecule has 1 aliphatic rings. The zero-order valence-corrected chi connectivity index (χ0v) is 18.5. The number of halogens is 1. The first-order valence-corrected chi connectivity index (χ1v) is 10.4. The number of ether oxygens (including phenoxy) is 1. The Hall–Kier alpha value is -1.81. The summed E-state index contributed by atoms with van der Waals surface area (Å²) in [6.07, 6.45) is -0.229. The van der Waals surface area contributed by atoms with Crippen molar-refractivity contribution in [3.8, 4) is 0 Å². The van der Waals surface area contributed by atoms with Gasteiger partial charge in [-0.2, -0.15) is 0 Å². The van der Waals surface area contributed by atoms with E-state index in [-0.39, 0.29) is 17.9 Å². The van der Waals surface area contributed by atoms with E-state index < -0.39 is 5.60 Å². The summed E-state index contributed by atoms with van der Waals surface area (Å²) in [7, 11) is 0. The number of amides is 1. The predicted molar refractivity (Wildman–Crippen MR) is 115 cm³/mol. The molecule has 1 heterocycles. The molecule has 0 saturated carbocycles. The van der Waals surface area contributed by atoms with Gasteiger partial charge in [-0.1, -0.05) is 72.2 Å². The summed E-state index contributed by atoms with van der Waals surface area (Å²) in [4.78, 5) is 14.4. The van der Waals surface area contributed by atoms with Gasteiger partial charge < -0.3 is 9.64 Å². The number of benzene rings is 2. The lowest BCUT2D eigenvalue weighted by atomic mass is 9.84. The topological polar surface area (TPSA) is 29.5 Å². The van der Waals surface area contributed by atoms with E-state index in [4.69, 9.17) is 4.74 Å². The summed E-state index contributed by atoms with van der Waals surface area (Å²) < 4.78 is 6.65. The number of rotatable bonds is 2. The Labute approximate surface area is 171 Å². The van der Waals surface area contributed by atoms with Crippen molar-refractivity contribution in [2.75, 3.05) is 13.1 Å². The number of carbonyl (C=O) groups excluding carboxylic acids is 1. The second-order valence-corrected chi connectivity index (χ2v) is 8.48. The Bertz CT molecular complexity index is 722. The van der Waals surface area contributed by atoms with Gasteiger partial charge in [0, 0.05) is 29.4 Å². The van der Waals surface area contributed by atoms with Crippen LogP contribution in [-0.4, -0.2) is 29.7 Å². The second kappa shape index (κ2) is 9.41. The summed E-state index contributed by atoms with van der Waals surface area (Å²) >= 11 is 3.50. The van der Waals surface area contributed by atoms with Crippen LogP contribution in [0.15, 0.2) is 59.1 Å². The summed E-state index contributed by atoms with van der Waals surface area (Å²) in [6, 6.07) is 18.9. The van der Waals surface area contributed by atoms with Gasteiger partial charge in [-0.05, 0) is 44.0 Å². The average molecular weight is 432 g/mol. The molecule has 146 valence electrons. The van der Waals surface area contributed by atoms with Gasteiger partial charge in [-0.25, -0.2) is 4.79 Å². The molecule has 3 rings (SSSR count). The van der Waals surface area contributed by atoms with Gasteiger partial charge in [-0.15, -0.1) is 0 Å². The van der Waals surface area contributed by atoms with Crippen LogP contribution < -0.4 is 0 Å². The van der Waals surface area contributed by atoms with Gasteiger partial charge in [0.05, 0.1) is 0 Å². The Morgan fingerprint density at radius 1 is 0.926 bits per heavy atom. The zero-order chi connectivity index (χ0) is 20.0. The van der Waals surface area contributed by atoms with Gasteiger partial charge >= 0.3 is 6.09 Å². The van der Waals surface area contributed by atoms with E-state index in [0.29, 0.717) is 13.1 Å². The molecule has 2 aromatic carbocycles. The standard InChI is InChI=1S/C21H24BrNO2.C2H6/c1-21(2,3)25-20(24)23-13-18(15-7-5-4-6-8-15)19(14-23)16-9-11-17(22)12-10-16;1-2/h4-12,18-19H,13-14H2,1-3H3;1-2H3. The van der Waals surface area contributed by atoms with Crippen molar-refractivity contribution in [3.63, 3.8) is 0 Å². The normalized spacial score (nSPS) is 19.3. The maximum Gasteiger partial charge on any atom is 0.410 e.